The number of nitrogens with one attached hydrogen (secondary N) is 1. The molecule has 0 bridgehead atoms. The third-order valence-corrected chi connectivity index (χ3v) is 3.82. The summed E-state index contributed by atoms with van der Waals surface area (Å²) in [5.74, 6) is 0.310. The van der Waals surface area contributed by atoms with Crippen LogP contribution in [0.25, 0.3) is 0 Å². The lowest BCUT2D eigenvalue weighted by atomic mass is 9.86. The van der Waals surface area contributed by atoms with Gasteiger partial charge in [0.2, 0.25) is 0 Å². The average Bonchev–Trinajstić information content (AvgIpc) is 2.52. The molecule has 1 fully saturated rings. The van der Waals surface area contributed by atoms with Crippen molar-refractivity contribution in [2.24, 2.45) is 5.92 Å². The monoisotopic (exact) mass is 345 g/mol. The summed E-state index contributed by atoms with van der Waals surface area (Å²) in [6.07, 6.45) is 5.81. The fraction of sp³-hybridized carbons (Fsp3) is 0.882. The quantitative estimate of drug-likeness (QED) is 0.519. The molecule has 0 spiro atoms. The molecule has 0 aromatic carbocycles. The minimum Gasteiger partial charge on any atom is -0.463 e. The smallest absolute Gasteiger partial charge is 0.431 e. The second kappa shape index (κ2) is 10.5. The molecule has 0 aromatic heterocycles. The van der Waals surface area contributed by atoms with Crippen LogP contribution in [0.15, 0.2) is 0 Å². The molecule has 0 aliphatic heterocycles. The van der Waals surface area contributed by atoms with Crippen LogP contribution in [0.3, 0.4) is 0 Å². The molecule has 7 heteroatoms. The average molecular weight is 345 g/mol. The Hall–Kier alpha value is -1.34. The number of amides is 1. The lowest BCUT2D eigenvalue weighted by molar-refractivity contribution is -0.152. The van der Waals surface area contributed by atoms with Gasteiger partial charge in [0.15, 0.2) is 0 Å². The van der Waals surface area contributed by atoms with Gasteiger partial charge in [-0.05, 0) is 33.1 Å². The van der Waals surface area contributed by atoms with E-state index in [1.807, 2.05) is 0 Å². The molecule has 7 nitrogen and oxygen atoms in total. The fourth-order valence-corrected chi connectivity index (χ4v) is 2.61. The van der Waals surface area contributed by atoms with E-state index >= 15 is 0 Å². The number of hydroxylamine groups is 1. The maximum atomic E-state index is 11.8. The zero-order chi connectivity index (χ0) is 18.0. The van der Waals surface area contributed by atoms with E-state index in [-0.39, 0.29) is 19.2 Å². The highest BCUT2D eigenvalue weighted by molar-refractivity contribution is 5.69. The number of carbonyl (C=O) groups excluding carboxylic acids is 2. The molecule has 1 rings (SSSR count). The van der Waals surface area contributed by atoms with Crippen LogP contribution in [0, 0.1) is 5.92 Å². The van der Waals surface area contributed by atoms with Crippen molar-refractivity contribution in [3.63, 3.8) is 0 Å². The highest BCUT2D eigenvalue weighted by Gasteiger charge is 2.19. The first-order valence-electron chi connectivity index (χ1n) is 8.71. The van der Waals surface area contributed by atoms with Crippen molar-refractivity contribution < 1.29 is 29.0 Å². The topological polar surface area (TPSA) is 94.1 Å². The minimum atomic E-state index is -0.823. The van der Waals surface area contributed by atoms with Crippen LogP contribution < -0.4 is 5.48 Å². The predicted octanol–water partition coefficient (Wildman–Crippen LogP) is 2.71. The van der Waals surface area contributed by atoms with Crippen molar-refractivity contribution >= 4 is 12.1 Å². The summed E-state index contributed by atoms with van der Waals surface area (Å²) in [5.41, 5.74) is 1.44. The Bertz CT molecular complexity index is 387. The van der Waals surface area contributed by atoms with Gasteiger partial charge >= 0.3 is 12.1 Å². The highest BCUT2D eigenvalue weighted by atomic mass is 16.7. The molecule has 1 amide bonds. The molecule has 1 aliphatic carbocycles. The molecule has 24 heavy (non-hydrogen) atoms. The van der Waals surface area contributed by atoms with Crippen LogP contribution in [-0.4, -0.2) is 42.1 Å². The van der Waals surface area contributed by atoms with E-state index in [9.17, 15) is 14.7 Å². The Morgan fingerprint density at radius 1 is 1.21 bits per heavy atom. The van der Waals surface area contributed by atoms with Gasteiger partial charge in [0, 0.05) is 6.42 Å². The molecule has 140 valence electrons. The van der Waals surface area contributed by atoms with Crippen LogP contribution in [0.5, 0.6) is 0 Å². The predicted molar refractivity (Wildman–Crippen MR) is 88.1 cm³/mol. The standard InChI is InChI=1S/C17H31NO6/c1-17(2,3)23-16(21)18-24-14(11-19)12-22-15(20)10-9-13-7-5-4-6-8-13/h13-14,19H,4-12H2,1-3H3,(H,18,21). The van der Waals surface area contributed by atoms with Gasteiger partial charge in [0.05, 0.1) is 6.61 Å². The molecule has 1 unspecified atom stereocenters. The van der Waals surface area contributed by atoms with Gasteiger partial charge in [-0.25, -0.2) is 4.79 Å². The molecule has 1 saturated carbocycles. The first-order chi connectivity index (χ1) is 11.3. The van der Waals surface area contributed by atoms with Gasteiger partial charge < -0.3 is 14.6 Å². The van der Waals surface area contributed by atoms with Crippen molar-refractivity contribution in [1.82, 2.24) is 5.48 Å². The Labute approximate surface area is 144 Å². The van der Waals surface area contributed by atoms with Gasteiger partial charge in [0.25, 0.3) is 0 Å². The summed E-state index contributed by atoms with van der Waals surface area (Å²) in [6, 6.07) is 0. The zero-order valence-electron chi connectivity index (χ0n) is 15.0. The van der Waals surface area contributed by atoms with Gasteiger partial charge in [-0.3, -0.25) is 9.63 Å². The van der Waals surface area contributed by atoms with Crippen molar-refractivity contribution in [3.8, 4) is 0 Å². The number of aliphatic hydroxyl groups is 1. The number of aliphatic hydroxyl groups excluding tert-OH is 1. The van der Waals surface area contributed by atoms with E-state index in [0.29, 0.717) is 12.3 Å². The normalized spacial score (nSPS) is 17.2. The molecular weight excluding hydrogens is 314 g/mol. The molecular formula is C17H31NO6. The Morgan fingerprint density at radius 2 is 1.88 bits per heavy atom. The number of rotatable bonds is 8. The maximum absolute atomic E-state index is 11.8. The first kappa shape index (κ1) is 20.7. The van der Waals surface area contributed by atoms with E-state index < -0.39 is 17.8 Å². The van der Waals surface area contributed by atoms with Gasteiger partial charge in [-0.2, -0.15) is 5.48 Å². The molecule has 1 aliphatic rings. The number of hydrogen-bond donors (Lipinski definition) is 2. The lowest BCUT2D eigenvalue weighted by Gasteiger charge is -2.22. The third-order valence-electron chi connectivity index (χ3n) is 3.82. The zero-order valence-corrected chi connectivity index (χ0v) is 15.0. The summed E-state index contributed by atoms with van der Waals surface area (Å²) in [6.45, 7) is 4.68. The Balaban J connectivity index is 2.17. The van der Waals surface area contributed by atoms with Crippen molar-refractivity contribution in [2.45, 2.75) is 77.4 Å². The first-order valence-corrected chi connectivity index (χ1v) is 8.71. The molecule has 2 N–H and O–H groups in total. The van der Waals surface area contributed by atoms with E-state index in [4.69, 9.17) is 14.3 Å². The number of esters is 1. The van der Waals surface area contributed by atoms with Crippen LogP contribution in [-0.2, 0) is 19.1 Å². The second-order valence-electron chi connectivity index (χ2n) is 7.25. The molecule has 0 heterocycles. The summed E-state index contributed by atoms with van der Waals surface area (Å²) < 4.78 is 10.1. The summed E-state index contributed by atoms with van der Waals surface area (Å²) in [4.78, 5) is 28.2. The van der Waals surface area contributed by atoms with Crippen LogP contribution in [0.1, 0.15) is 65.7 Å². The van der Waals surface area contributed by atoms with Crippen LogP contribution in [0.4, 0.5) is 4.79 Å². The van der Waals surface area contributed by atoms with Crippen molar-refractivity contribution in [1.29, 1.82) is 0 Å². The Morgan fingerprint density at radius 3 is 2.46 bits per heavy atom. The van der Waals surface area contributed by atoms with Crippen LogP contribution >= 0.6 is 0 Å². The number of carbonyl (C=O) groups is 2. The molecule has 1 atom stereocenters. The summed E-state index contributed by atoms with van der Waals surface area (Å²) in [5, 5.41) is 9.21. The van der Waals surface area contributed by atoms with Crippen molar-refractivity contribution in [3.05, 3.63) is 0 Å². The maximum Gasteiger partial charge on any atom is 0.431 e. The Kier molecular flexibility index (Phi) is 9.07. The number of hydrogen-bond acceptors (Lipinski definition) is 6. The minimum absolute atomic E-state index is 0.115. The highest BCUT2D eigenvalue weighted by Crippen LogP contribution is 2.27. The third kappa shape index (κ3) is 9.72. The summed E-state index contributed by atoms with van der Waals surface area (Å²) >= 11 is 0. The van der Waals surface area contributed by atoms with Gasteiger partial charge in [-0.1, -0.05) is 32.1 Å². The number of ether oxygens (including phenoxy) is 2. The SMILES string of the molecule is CC(C)(C)OC(=O)NOC(CO)COC(=O)CCC1CCCCC1. The van der Waals surface area contributed by atoms with E-state index in [2.05, 4.69) is 5.48 Å². The van der Waals surface area contributed by atoms with Gasteiger partial charge in [0.1, 0.15) is 18.3 Å². The second-order valence-corrected chi connectivity index (χ2v) is 7.25. The van der Waals surface area contributed by atoms with E-state index in [0.717, 1.165) is 6.42 Å². The van der Waals surface area contributed by atoms with Gasteiger partial charge in [-0.15, -0.1) is 0 Å². The largest absolute Gasteiger partial charge is 0.463 e. The molecule has 0 saturated heterocycles. The fourth-order valence-electron chi connectivity index (χ4n) is 2.61. The molecule has 0 aromatic rings. The molecule has 0 radical (unpaired) electrons. The van der Waals surface area contributed by atoms with E-state index in [1.54, 1.807) is 20.8 Å². The van der Waals surface area contributed by atoms with E-state index in [1.165, 1.54) is 32.1 Å². The van der Waals surface area contributed by atoms with Crippen molar-refractivity contribution in [2.75, 3.05) is 13.2 Å². The lowest BCUT2D eigenvalue weighted by Crippen LogP contribution is -2.38. The van der Waals surface area contributed by atoms with Crippen LogP contribution in [0.2, 0.25) is 0 Å². The summed E-state index contributed by atoms with van der Waals surface area (Å²) in [7, 11) is 0.